The molecule has 1 aliphatic carbocycles. The van der Waals surface area contributed by atoms with E-state index in [9.17, 15) is 9.18 Å². The Kier molecular flexibility index (Phi) is 2.55. The molecule has 0 saturated carbocycles. The van der Waals surface area contributed by atoms with Gasteiger partial charge in [-0.1, -0.05) is 11.6 Å². The number of aromatic amines is 1. The molecule has 0 saturated heterocycles. The summed E-state index contributed by atoms with van der Waals surface area (Å²) in [5, 5.41) is 0.813. The van der Waals surface area contributed by atoms with E-state index in [4.69, 9.17) is 17.3 Å². The number of benzene rings is 1. The maximum absolute atomic E-state index is 13.5. The van der Waals surface area contributed by atoms with Crippen LogP contribution < -0.4 is 5.73 Å². The SMILES string of the molecule is NC(=O)C1CCc2[nH]c3ccc(F)c(Cl)c3c2C1. The third kappa shape index (κ3) is 1.60. The Bertz CT molecular complexity index is 650. The molecular formula is C13H12ClFN2O. The van der Waals surface area contributed by atoms with Gasteiger partial charge in [0.25, 0.3) is 0 Å². The second-order valence-electron chi connectivity index (χ2n) is 4.71. The molecular weight excluding hydrogens is 255 g/mol. The molecule has 2 aromatic rings. The second-order valence-corrected chi connectivity index (χ2v) is 5.09. The van der Waals surface area contributed by atoms with Gasteiger partial charge in [-0.25, -0.2) is 4.39 Å². The van der Waals surface area contributed by atoms with Crippen LogP contribution in [-0.2, 0) is 17.6 Å². The summed E-state index contributed by atoms with van der Waals surface area (Å²) in [6.45, 7) is 0. The van der Waals surface area contributed by atoms with Crippen LogP contribution in [0.3, 0.4) is 0 Å². The van der Waals surface area contributed by atoms with Crippen LogP contribution in [0.4, 0.5) is 4.39 Å². The van der Waals surface area contributed by atoms with Crippen molar-refractivity contribution in [1.29, 1.82) is 0 Å². The fraction of sp³-hybridized carbons (Fsp3) is 0.308. The number of aryl methyl sites for hydroxylation is 1. The van der Waals surface area contributed by atoms with Crippen LogP contribution in [0.1, 0.15) is 17.7 Å². The van der Waals surface area contributed by atoms with Crippen molar-refractivity contribution in [2.75, 3.05) is 0 Å². The van der Waals surface area contributed by atoms with Crippen molar-refractivity contribution >= 4 is 28.4 Å². The largest absolute Gasteiger partial charge is 0.369 e. The minimum Gasteiger partial charge on any atom is -0.369 e. The predicted molar refractivity (Wildman–Crippen MR) is 68.0 cm³/mol. The van der Waals surface area contributed by atoms with Crippen molar-refractivity contribution in [2.45, 2.75) is 19.3 Å². The molecule has 1 amide bonds. The molecule has 0 spiro atoms. The Morgan fingerprint density at radius 1 is 1.50 bits per heavy atom. The molecule has 5 heteroatoms. The highest BCUT2D eigenvalue weighted by Gasteiger charge is 2.27. The highest BCUT2D eigenvalue weighted by molar-refractivity contribution is 6.36. The van der Waals surface area contributed by atoms with E-state index >= 15 is 0 Å². The molecule has 94 valence electrons. The van der Waals surface area contributed by atoms with Crippen LogP contribution in [-0.4, -0.2) is 10.9 Å². The van der Waals surface area contributed by atoms with Crippen molar-refractivity contribution in [2.24, 2.45) is 11.7 Å². The minimum atomic E-state index is -0.438. The summed E-state index contributed by atoms with van der Waals surface area (Å²) in [6.07, 6.45) is 2.01. The van der Waals surface area contributed by atoms with E-state index in [1.54, 1.807) is 6.07 Å². The molecule has 1 aliphatic rings. The fourth-order valence-corrected chi connectivity index (χ4v) is 2.97. The number of H-pyrrole nitrogens is 1. The van der Waals surface area contributed by atoms with Gasteiger partial charge in [0.15, 0.2) is 0 Å². The summed E-state index contributed by atoms with van der Waals surface area (Å²) in [5.41, 5.74) is 8.14. The van der Waals surface area contributed by atoms with E-state index in [2.05, 4.69) is 4.98 Å². The van der Waals surface area contributed by atoms with Gasteiger partial charge in [0, 0.05) is 22.5 Å². The summed E-state index contributed by atoms with van der Waals surface area (Å²) in [7, 11) is 0. The zero-order valence-corrected chi connectivity index (χ0v) is 10.4. The van der Waals surface area contributed by atoms with E-state index in [-0.39, 0.29) is 16.8 Å². The lowest BCUT2D eigenvalue weighted by molar-refractivity contribution is -0.122. The zero-order valence-electron chi connectivity index (χ0n) is 9.59. The molecule has 3 N–H and O–H groups in total. The van der Waals surface area contributed by atoms with E-state index < -0.39 is 5.82 Å². The number of aromatic nitrogens is 1. The molecule has 1 aromatic heterocycles. The van der Waals surface area contributed by atoms with Crippen LogP contribution >= 0.6 is 11.6 Å². The van der Waals surface area contributed by atoms with Crippen LogP contribution in [0, 0.1) is 11.7 Å². The normalized spacial score (nSPS) is 18.9. The molecule has 0 fully saturated rings. The van der Waals surface area contributed by atoms with Crippen molar-refractivity contribution in [3.8, 4) is 0 Å². The third-order valence-corrected chi connectivity index (χ3v) is 4.01. The van der Waals surface area contributed by atoms with Crippen molar-refractivity contribution in [1.82, 2.24) is 4.98 Å². The van der Waals surface area contributed by atoms with Gasteiger partial charge in [-0.05, 0) is 37.0 Å². The molecule has 1 heterocycles. The molecule has 3 rings (SSSR count). The maximum atomic E-state index is 13.5. The molecule has 1 aromatic carbocycles. The lowest BCUT2D eigenvalue weighted by Crippen LogP contribution is -2.28. The van der Waals surface area contributed by atoms with E-state index in [0.29, 0.717) is 11.8 Å². The van der Waals surface area contributed by atoms with Gasteiger partial charge in [0.1, 0.15) is 5.82 Å². The van der Waals surface area contributed by atoms with Crippen molar-refractivity contribution in [3.63, 3.8) is 0 Å². The monoisotopic (exact) mass is 266 g/mol. The van der Waals surface area contributed by atoms with Gasteiger partial charge in [-0.2, -0.15) is 0 Å². The molecule has 0 radical (unpaired) electrons. The van der Waals surface area contributed by atoms with Gasteiger partial charge < -0.3 is 10.7 Å². The number of hydrogen-bond acceptors (Lipinski definition) is 1. The van der Waals surface area contributed by atoms with Crippen LogP contribution in [0.25, 0.3) is 10.9 Å². The number of halogens is 2. The number of nitrogens with one attached hydrogen (secondary N) is 1. The summed E-state index contributed by atoms with van der Waals surface area (Å²) < 4.78 is 13.5. The number of carbonyl (C=O) groups is 1. The Balaban J connectivity index is 2.20. The first-order valence-electron chi connectivity index (χ1n) is 5.84. The number of rotatable bonds is 1. The first-order chi connectivity index (χ1) is 8.58. The molecule has 1 atom stereocenters. The van der Waals surface area contributed by atoms with Crippen molar-refractivity contribution < 1.29 is 9.18 Å². The standard InChI is InChI=1S/C13H12ClFN2O/c14-12-8(15)2-4-10-11(12)7-5-6(13(16)18)1-3-9(7)17-10/h2,4,6,17H,1,3,5H2,(H2,16,18). The third-order valence-electron chi connectivity index (χ3n) is 3.64. The van der Waals surface area contributed by atoms with E-state index in [1.807, 2.05) is 0 Å². The predicted octanol–water partition coefficient (Wildman–Crippen LogP) is 2.55. The highest BCUT2D eigenvalue weighted by Crippen LogP contribution is 2.36. The zero-order chi connectivity index (χ0) is 12.9. The molecule has 0 bridgehead atoms. The second kappa shape index (κ2) is 3.99. The Morgan fingerprint density at radius 2 is 2.28 bits per heavy atom. The summed E-state index contributed by atoms with van der Waals surface area (Å²) in [4.78, 5) is 14.5. The van der Waals surface area contributed by atoms with E-state index in [0.717, 1.165) is 29.6 Å². The number of amides is 1. The average molecular weight is 267 g/mol. The number of nitrogens with two attached hydrogens (primary N) is 1. The minimum absolute atomic E-state index is 0.120. The number of carbonyl (C=O) groups excluding carboxylic acids is 1. The number of hydrogen-bond donors (Lipinski definition) is 2. The lowest BCUT2D eigenvalue weighted by atomic mass is 9.86. The quantitative estimate of drug-likeness (QED) is 0.819. The van der Waals surface area contributed by atoms with Crippen LogP contribution in [0.5, 0.6) is 0 Å². The molecule has 1 unspecified atom stereocenters. The molecule has 3 nitrogen and oxygen atoms in total. The molecule has 18 heavy (non-hydrogen) atoms. The van der Waals surface area contributed by atoms with Crippen molar-refractivity contribution in [3.05, 3.63) is 34.2 Å². The first kappa shape index (κ1) is 11.5. The van der Waals surface area contributed by atoms with Crippen LogP contribution in [0.2, 0.25) is 5.02 Å². The number of fused-ring (bicyclic) bond motifs is 3. The fourth-order valence-electron chi connectivity index (χ4n) is 2.69. The first-order valence-corrected chi connectivity index (χ1v) is 6.22. The topological polar surface area (TPSA) is 58.9 Å². The highest BCUT2D eigenvalue weighted by atomic mass is 35.5. The Hall–Kier alpha value is -1.55. The van der Waals surface area contributed by atoms with Crippen LogP contribution in [0.15, 0.2) is 12.1 Å². The Labute approximate surface area is 108 Å². The van der Waals surface area contributed by atoms with Gasteiger partial charge >= 0.3 is 0 Å². The van der Waals surface area contributed by atoms with Gasteiger partial charge in [0.05, 0.1) is 5.02 Å². The smallest absolute Gasteiger partial charge is 0.220 e. The molecule has 0 aliphatic heterocycles. The summed E-state index contributed by atoms with van der Waals surface area (Å²) >= 11 is 6.02. The van der Waals surface area contributed by atoms with Gasteiger partial charge in [-0.15, -0.1) is 0 Å². The van der Waals surface area contributed by atoms with Gasteiger partial charge in [-0.3, -0.25) is 4.79 Å². The summed E-state index contributed by atoms with van der Waals surface area (Å²) in [6, 6.07) is 3.02. The lowest BCUT2D eigenvalue weighted by Gasteiger charge is -2.19. The maximum Gasteiger partial charge on any atom is 0.220 e. The Morgan fingerprint density at radius 3 is 3.00 bits per heavy atom. The van der Waals surface area contributed by atoms with E-state index in [1.165, 1.54) is 6.07 Å². The van der Waals surface area contributed by atoms with Gasteiger partial charge in [0.2, 0.25) is 5.91 Å². The summed E-state index contributed by atoms with van der Waals surface area (Å²) in [5.74, 6) is -0.925. The average Bonchev–Trinajstić information content (AvgIpc) is 2.71. The number of primary amides is 1.